The first kappa shape index (κ1) is 19.8. The van der Waals surface area contributed by atoms with E-state index in [-0.39, 0.29) is 12.7 Å². The summed E-state index contributed by atoms with van der Waals surface area (Å²) in [6, 6.07) is -0.900. The standard InChI is InChI=1S/C12H21B2O7PS/c1-16-5-9-8(4-12(14)19-9)21-22(15,23)18-6-10-7(17-2)3-11(13)20-10/h7-12H,3-6H2,1-2H3,(H,15,23)/t7-,8-,9-,10-,11-,12-,22?/m1/s1. The zero-order chi connectivity index (χ0) is 17.0. The Hall–Kier alpha value is 0.500. The van der Waals surface area contributed by atoms with E-state index in [9.17, 15) is 4.89 Å². The molecule has 0 aliphatic carbocycles. The number of hydrogen-bond donors (Lipinski definition) is 1. The van der Waals surface area contributed by atoms with Gasteiger partial charge in [-0.1, -0.05) is 0 Å². The Balaban J connectivity index is 1.85. The van der Waals surface area contributed by atoms with Crippen molar-refractivity contribution in [2.24, 2.45) is 0 Å². The Bertz CT molecular complexity index is 432. The van der Waals surface area contributed by atoms with Crippen LogP contribution in [0, 0.1) is 0 Å². The molecule has 1 unspecified atom stereocenters. The summed E-state index contributed by atoms with van der Waals surface area (Å²) in [6.45, 7) is -3.14. The van der Waals surface area contributed by atoms with E-state index in [2.05, 4.69) is 0 Å². The van der Waals surface area contributed by atoms with Crippen LogP contribution in [0.25, 0.3) is 0 Å². The van der Waals surface area contributed by atoms with Crippen LogP contribution in [-0.2, 0) is 39.8 Å². The van der Waals surface area contributed by atoms with Gasteiger partial charge in [0.05, 0.1) is 25.4 Å². The van der Waals surface area contributed by atoms with Gasteiger partial charge < -0.3 is 32.9 Å². The first-order valence-corrected chi connectivity index (χ1v) is 9.93. The van der Waals surface area contributed by atoms with Crippen molar-refractivity contribution in [3.63, 3.8) is 0 Å². The van der Waals surface area contributed by atoms with Crippen LogP contribution < -0.4 is 0 Å². The van der Waals surface area contributed by atoms with E-state index < -0.39 is 37.0 Å². The topological polar surface area (TPSA) is 75.6 Å². The monoisotopic (exact) mass is 362 g/mol. The van der Waals surface area contributed by atoms with E-state index in [0.717, 1.165) is 0 Å². The molecular formula is C12H21B2O7PS. The SMILES string of the molecule is [B][C@H]1C[C@@H](OC)[C@@H](COP(O)(=S)O[C@@H]2C[C@H]([B])O[C@@H]2COC)O1. The molecule has 7 nitrogen and oxygen atoms in total. The Morgan fingerprint density at radius 1 is 1.09 bits per heavy atom. The molecule has 2 rings (SSSR count). The molecule has 2 aliphatic rings. The normalized spacial score (nSPS) is 40.3. The van der Waals surface area contributed by atoms with Gasteiger partial charge in [0, 0.05) is 26.2 Å². The van der Waals surface area contributed by atoms with Crippen LogP contribution in [0.3, 0.4) is 0 Å². The van der Waals surface area contributed by atoms with Crippen LogP contribution in [0.2, 0.25) is 0 Å². The van der Waals surface area contributed by atoms with E-state index in [1.165, 1.54) is 0 Å². The van der Waals surface area contributed by atoms with Crippen LogP contribution in [0.1, 0.15) is 12.8 Å². The van der Waals surface area contributed by atoms with Crippen LogP contribution in [0.4, 0.5) is 0 Å². The molecule has 0 spiro atoms. The van der Waals surface area contributed by atoms with Crippen LogP contribution in [0.5, 0.6) is 0 Å². The average Bonchev–Trinajstić information content (AvgIpc) is 2.99. The molecule has 4 radical (unpaired) electrons. The molecule has 2 fully saturated rings. The first-order valence-electron chi connectivity index (χ1n) is 7.34. The third-order valence-electron chi connectivity index (χ3n) is 3.76. The van der Waals surface area contributed by atoms with Crippen molar-refractivity contribution in [1.29, 1.82) is 0 Å². The molecule has 2 heterocycles. The van der Waals surface area contributed by atoms with Gasteiger partial charge in [-0.15, -0.1) is 0 Å². The van der Waals surface area contributed by atoms with E-state index in [1.54, 1.807) is 14.2 Å². The van der Waals surface area contributed by atoms with Crippen molar-refractivity contribution in [2.75, 3.05) is 27.4 Å². The van der Waals surface area contributed by atoms with Crippen molar-refractivity contribution in [2.45, 2.75) is 49.3 Å². The lowest BCUT2D eigenvalue weighted by Gasteiger charge is -2.25. The van der Waals surface area contributed by atoms with Crippen molar-refractivity contribution >= 4 is 34.2 Å². The summed E-state index contributed by atoms with van der Waals surface area (Å²) in [7, 11) is 14.6. The number of hydrogen-bond acceptors (Lipinski definition) is 7. The van der Waals surface area contributed by atoms with Crippen LogP contribution in [-0.4, -0.2) is 84.4 Å². The van der Waals surface area contributed by atoms with Gasteiger partial charge in [0.15, 0.2) is 0 Å². The second-order valence-electron chi connectivity index (χ2n) is 5.54. The minimum atomic E-state index is -3.47. The molecule has 0 aromatic heterocycles. The molecular weight excluding hydrogens is 341 g/mol. The molecule has 0 saturated carbocycles. The first-order chi connectivity index (χ1) is 10.8. The highest BCUT2D eigenvalue weighted by Gasteiger charge is 2.39. The second-order valence-corrected chi connectivity index (χ2v) is 8.33. The fourth-order valence-electron chi connectivity index (χ4n) is 2.68. The van der Waals surface area contributed by atoms with E-state index in [4.69, 9.17) is 55.5 Å². The summed E-state index contributed by atoms with van der Waals surface area (Å²) in [5.41, 5.74) is 0. The van der Waals surface area contributed by atoms with E-state index in [0.29, 0.717) is 19.4 Å². The quantitative estimate of drug-likeness (QED) is 0.472. The average molecular weight is 362 g/mol. The van der Waals surface area contributed by atoms with Crippen molar-refractivity contribution < 1.29 is 32.9 Å². The summed E-state index contributed by atoms with van der Waals surface area (Å²) in [5, 5.41) is 0. The molecule has 1 N–H and O–H groups in total. The Kier molecular flexibility index (Phi) is 7.53. The summed E-state index contributed by atoms with van der Waals surface area (Å²) in [5.74, 6) is 0. The number of ether oxygens (including phenoxy) is 4. The molecule has 2 saturated heterocycles. The van der Waals surface area contributed by atoms with Crippen molar-refractivity contribution in [3.05, 3.63) is 0 Å². The lowest BCUT2D eigenvalue weighted by Crippen LogP contribution is -2.30. The van der Waals surface area contributed by atoms with E-state index >= 15 is 0 Å². The lowest BCUT2D eigenvalue weighted by molar-refractivity contribution is -0.0301. The third-order valence-corrected chi connectivity index (χ3v) is 5.35. The van der Waals surface area contributed by atoms with Gasteiger partial charge >= 0.3 is 6.72 Å². The van der Waals surface area contributed by atoms with Crippen molar-refractivity contribution in [1.82, 2.24) is 0 Å². The Morgan fingerprint density at radius 2 is 1.65 bits per heavy atom. The maximum atomic E-state index is 10.2. The van der Waals surface area contributed by atoms with Crippen LogP contribution in [0.15, 0.2) is 0 Å². The fraction of sp³-hybridized carbons (Fsp3) is 1.00. The fourth-order valence-corrected chi connectivity index (χ4v) is 4.16. The van der Waals surface area contributed by atoms with Gasteiger partial charge in [0.25, 0.3) is 0 Å². The maximum Gasteiger partial charge on any atom is 0.324 e. The summed E-state index contributed by atoms with van der Waals surface area (Å²) in [6.07, 6.45) is -0.515. The van der Waals surface area contributed by atoms with E-state index in [1.807, 2.05) is 0 Å². The van der Waals surface area contributed by atoms with Gasteiger partial charge in [-0.25, -0.2) is 0 Å². The highest BCUT2D eigenvalue weighted by molar-refractivity contribution is 8.07. The summed E-state index contributed by atoms with van der Waals surface area (Å²) in [4.78, 5) is 10.2. The van der Waals surface area contributed by atoms with Gasteiger partial charge in [-0.05, 0) is 24.6 Å². The lowest BCUT2D eigenvalue weighted by atomic mass is 9.96. The minimum Gasteiger partial charge on any atom is -0.382 e. The highest BCUT2D eigenvalue weighted by atomic mass is 32.5. The molecule has 0 aromatic rings. The third kappa shape index (κ3) is 5.76. The smallest absolute Gasteiger partial charge is 0.324 e. The van der Waals surface area contributed by atoms with Gasteiger partial charge in [0.2, 0.25) is 0 Å². The van der Waals surface area contributed by atoms with Crippen LogP contribution >= 0.6 is 6.72 Å². The zero-order valence-electron chi connectivity index (χ0n) is 13.2. The van der Waals surface area contributed by atoms with Gasteiger partial charge in [-0.2, -0.15) is 0 Å². The second kappa shape index (κ2) is 8.74. The Morgan fingerprint density at radius 3 is 2.22 bits per heavy atom. The largest absolute Gasteiger partial charge is 0.382 e. The maximum absolute atomic E-state index is 10.2. The summed E-state index contributed by atoms with van der Waals surface area (Å²) >= 11 is 5.05. The molecule has 0 aromatic carbocycles. The van der Waals surface area contributed by atoms with Gasteiger partial charge in [0.1, 0.15) is 27.9 Å². The molecule has 128 valence electrons. The predicted molar refractivity (Wildman–Crippen MR) is 88.1 cm³/mol. The summed E-state index contributed by atoms with van der Waals surface area (Å²) < 4.78 is 32.2. The highest BCUT2D eigenvalue weighted by Crippen LogP contribution is 2.48. The molecule has 23 heavy (non-hydrogen) atoms. The molecule has 0 amide bonds. The minimum absolute atomic E-state index is 0.0363. The molecule has 2 aliphatic heterocycles. The number of methoxy groups -OCH3 is 2. The molecule has 7 atom stereocenters. The van der Waals surface area contributed by atoms with Gasteiger partial charge in [-0.3, -0.25) is 0 Å². The Labute approximate surface area is 144 Å². The van der Waals surface area contributed by atoms with Crippen molar-refractivity contribution in [3.8, 4) is 0 Å². The predicted octanol–water partition coefficient (Wildman–Crippen LogP) is -0.167. The molecule has 11 heteroatoms. The number of rotatable bonds is 8. The molecule has 0 bridgehead atoms. The zero-order valence-corrected chi connectivity index (χ0v) is 14.9.